The van der Waals surface area contributed by atoms with Crippen LogP contribution >= 0.6 is 0 Å². The highest BCUT2D eigenvalue weighted by Gasteiger charge is 2.50. The Bertz CT molecular complexity index is 1660. The number of carboxylic acid groups (broad SMARTS) is 1. The van der Waals surface area contributed by atoms with E-state index in [0.717, 1.165) is 19.6 Å². The summed E-state index contributed by atoms with van der Waals surface area (Å²) in [4.78, 5) is 39.2. The molecule has 10 nitrogen and oxygen atoms in total. The smallest absolute Gasteiger partial charge is 0.420 e. The Balaban J connectivity index is 1.44. The van der Waals surface area contributed by atoms with Gasteiger partial charge in [0.05, 0.1) is 19.2 Å². The Kier molecular flexibility index (Phi) is 11.4. The van der Waals surface area contributed by atoms with Crippen molar-refractivity contribution in [3.8, 4) is 0 Å². The van der Waals surface area contributed by atoms with Gasteiger partial charge in [-0.25, -0.2) is 24.5 Å². The minimum absolute atomic E-state index is 0.0720. The van der Waals surface area contributed by atoms with Gasteiger partial charge in [-0.1, -0.05) is 112 Å². The number of nitrogens with zero attached hydrogens (tertiary/aromatic N) is 5. The molecule has 1 aliphatic heterocycles. The SMILES string of the molecule is CC(C)(C)OC(=O)N(Cc1cnc(N2CCN(Cc3ccccc3)CC2CO[Si](c2ccccc2)(c2ccccc2)C(C)(C)C)nc1)C(=O)O. The molecule has 1 N–H and O–H groups in total. The van der Waals surface area contributed by atoms with E-state index in [2.05, 4.69) is 103 Å². The van der Waals surface area contributed by atoms with Gasteiger partial charge in [0.2, 0.25) is 5.95 Å². The number of piperazine rings is 1. The first kappa shape index (κ1) is 36.7. The number of benzene rings is 3. The molecule has 1 unspecified atom stereocenters. The summed E-state index contributed by atoms with van der Waals surface area (Å²) in [5.74, 6) is 0.531. The largest absolute Gasteiger partial charge is 0.465 e. The van der Waals surface area contributed by atoms with Gasteiger partial charge in [-0.3, -0.25) is 4.90 Å². The average molecular weight is 696 g/mol. The maximum atomic E-state index is 12.6. The molecule has 4 aromatic rings. The second-order valence-corrected chi connectivity index (χ2v) is 19.1. The van der Waals surface area contributed by atoms with Crippen LogP contribution in [0.5, 0.6) is 0 Å². The van der Waals surface area contributed by atoms with Crippen LogP contribution in [-0.2, 0) is 22.3 Å². The molecule has 0 saturated carbocycles. The fourth-order valence-electron chi connectivity index (χ4n) is 6.58. The van der Waals surface area contributed by atoms with Gasteiger partial charge in [0.15, 0.2) is 0 Å². The van der Waals surface area contributed by atoms with Crippen molar-refractivity contribution in [1.82, 2.24) is 19.8 Å². The van der Waals surface area contributed by atoms with Gasteiger partial charge >= 0.3 is 12.2 Å². The summed E-state index contributed by atoms with van der Waals surface area (Å²) in [5.41, 5.74) is 0.894. The number of anilines is 1. The lowest BCUT2D eigenvalue weighted by atomic mass is 10.1. The van der Waals surface area contributed by atoms with E-state index in [9.17, 15) is 14.7 Å². The number of hydrogen-bond donors (Lipinski definition) is 1. The van der Waals surface area contributed by atoms with Crippen LogP contribution in [0.4, 0.5) is 15.5 Å². The molecule has 0 spiro atoms. The predicted octanol–water partition coefficient (Wildman–Crippen LogP) is 6.16. The zero-order valence-electron chi connectivity index (χ0n) is 30.0. The fourth-order valence-corrected chi connectivity index (χ4v) is 11.2. The second-order valence-electron chi connectivity index (χ2n) is 14.8. The summed E-state index contributed by atoms with van der Waals surface area (Å²) in [7, 11) is -2.82. The molecule has 5 rings (SSSR count). The third-order valence-corrected chi connectivity index (χ3v) is 13.9. The minimum atomic E-state index is -2.82. The molecular formula is C39H49N5O5Si. The lowest BCUT2D eigenvalue weighted by Gasteiger charge is -2.46. The molecular weight excluding hydrogens is 647 g/mol. The maximum Gasteiger partial charge on any atom is 0.420 e. The van der Waals surface area contributed by atoms with E-state index in [1.807, 2.05) is 18.2 Å². The summed E-state index contributed by atoms with van der Waals surface area (Å²) >= 11 is 0. The molecule has 3 aromatic carbocycles. The molecule has 1 saturated heterocycles. The van der Waals surface area contributed by atoms with E-state index in [0.29, 0.717) is 29.6 Å². The minimum Gasteiger partial charge on any atom is -0.465 e. The molecule has 1 aliphatic rings. The molecule has 0 radical (unpaired) electrons. The van der Waals surface area contributed by atoms with Gasteiger partial charge in [0.1, 0.15) is 5.60 Å². The highest BCUT2D eigenvalue weighted by molar-refractivity contribution is 6.99. The van der Waals surface area contributed by atoms with E-state index in [-0.39, 0.29) is 17.6 Å². The standard InChI is InChI=1S/C39H49N5O5Si/c1-38(2,3)49-37(47)44(36(45)46)27-31-24-40-35(41-25-31)43-23-22-42(26-30-16-10-7-11-17-30)28-32(43)29-48-50(39(4,5)6,33-18-12-8-13-19-33)34-20-14-9-15-21-34/h7-21,24-25,32H,22-23,26-29H2,1-6H3,(H,45,46). The Labute approximate surface area is 296 Å². The van der Waals surface area contributed by atoms with E-state index < -0.39 is 26.1 Å². The zero-order chi connectivity index (χ0) is 35.9. The van der Waals surface area contributed by atoms with Crippen LogP contribution < -0.4 is 15.3 Å². The summed E-state index contributed by atoms with van der Waals surface area (Å²) in [5, 5.41) is 12.0. The van der Waals surface area contributed by atoms with Crippen LogP contribution in [0.3, 0.4) is 0 Å². The van der Waals surface area contributed by atoms with Crippen molar-refractivity contribution in [3.63, 3.8) is 0 Å². The first-order chi connectivity index (χ1) is 23.8. The number of rotatable bonds is 10. The van der Waals surface area contributed by atoms with Crippen LogP contribution in [-0.4, -0.2) is 83.3 Å². The van der Waals surface area contributed by atoms with Gasteiger partial charge in [0.25, 0.3) is 8.32 Å². The third kappa shape index (κ3) is 8.76. The lowest BCUT2D eigenvalue weighted by molar-refractivity contribution is 0.0255. The Hall–Kier alpha value is -4.58. The van der Waals surface area contributed by atoms with Gasteiger partial charge in [0, 0.05) is 44.1 Å². The van der Waals surface area contributed by atoms with Crippen molar-refractivity contribution in [2.75, 3.05) is 31.1 Å². The van der Waals surface area contributed by atoms with Crippen molar-refractivity contribution < 1.29 is 23.9 Å². The summed E-state index contributed by atoms with van der Waals surface area (Å²) in [6, 6.07) is 31.7. The maximum absolute atomic E-state index is 12.6. The Morgan fingerprint density at radius 3 is 1.86 bits per heavy atom. The number of carbonyl (C=O) groups is 2. The van der Waals surface area contributed by atoms with Crippen LogP contribution in [0.1, 0.15) is 52.7 Å². The molecule has 2 amide bonds. The third-order valence-electron chi connectivity index (χ3n) is 8.86. The normalized spacial score (nSPS) is 15.8. The van der Waals surface area contributed by atoms with Crippen LogP contribution in [0.2, 0.25) is 5.04 Å². The number of carbonyl (C=O) groups excluding carboxylic acids is 1. The lowest BCUT2D eigenvalue weighted by Crippen LogP contribution is -2.68. The summed E-state index contributed by atoms with van der Waals surface area (Å²) in [6.45, 7) is 15.2. The van der Waals surface area contributed by atoms with E-state index in [4.69, 9.17) is 19.1 Å². The van der Waals surface area contributed by atoms with Crippen molar-refractivity contribution in [2.24, 2.45) is 0 Å². The molecule has 1 fully saturated rings. The van der Waals surface area contributed by atoms with Crippen LogP contribution in [0, 0.1) is 0 Å². The topological polar surface area (TPSA) is 108 Å². The fraction of sp³-hybridized carbons (Fsp3) is 0.385. The first-order valence-corrected chi connectivity index (χ1v) is 19.0. The van der Waals surface area contributed by atoms with E-state index >= 15 is 0 Å². The van der Waals surface area contributed by atoms with Gasteiger partial charge < -0.3 is 19.2 Å². The van der Waals surface area contributed by atoms with Crippen molar-refractivity contribution in [2.45, 2.75) is 71.3 Å². The summed E-state index contributed by atoms with van der Waals surface area (Å²) < 4.78 is 12.7. The molecule has 1 atom stereocenters. The van der Waals surface area contributed by atoms with Crippen molar-refractivity contribution >= 4 is 36.8 Å². The van der Waals surface area contributed by atoms with Crippen molar-refractivity contribution in [3.05, 3.63) is 115 Å². The predicted molar refractivity (Wildman–Crippen MR) is 198 cm³/mol. The zero-order valence-corrected chi connectivity index (χ0v) is 31.0. The average Bonchev–Trinajstić information content (AvgIpc) is 3.08. The summed E-state index contributed by atoms with van der Waals surface area (Å²) in [6.07, 6.45) is 0.820. The molecule has 264 valence electrons. The number of hydrogen-bond acceptors (Lipinski definition) is 8. The Morgan fingerprint density at radius 1 is 0.820 bits per heavy atom. The van der Waals surface area contributed by atoms with Gasteiger partial charge in [-0.2, -0.15) is 0 Å². The number of ether oxygens (including phenoxy) is 1. The van der Waals surface area contributed by atoms with Crippen LogP contribution in [0.25, 0.3) is 0 Å². The van der Waals surface area contributed by atoms with E-state index in [1.54, 1.807) is 33.2 Å². The molecule has 50 heavy (non-hydrogen) atoms. The quantitative estimate of drug-likeness (QED) is 0.195. The molecule has 2 heterocycles. The van der Waals surface area contributed by atoms with Gasteiger partial charge in [-0.15, -0.1) is 0 Å². The first-order valence-electron chi connectivity index (χ1n) is 17.1. The Morgan fingerprint density at radius 2 is 1.36 bits per heavy atom. The molecule has 1 aromatic heterocycles. The number of amides is 2. The van der Waals surface area contributed by atoms with Crippen LogP contribution in [0.15, 0.2) is 103 Å². The van der Waals surface area contributed by atoms with E-state index in [1.165, 1.54) is 15.9 Å². The number of aromatic nitrogens is 2. The van der Waals surface area contributed by atoms with Gasteiger partial charge in [-0.05, 0) is 41.7 Å². The molecule has 11 heteroatoms. The highest BCUT2D eigenvalue weighted by Crippen LogP contribution is 2.37. The number of imide groups is 1. The molecule has 0 aliphatic carbocycles. The monoisotopic (exact) mass is 695 g/mol. The second kappa shape index (κ2) is 15.5. The molecule has 0 bridgehead atoms. The highest BCUT2D eigenvalue weighted by atomic mass is 28.4. The van der Waals surface area contributed by atoms with Crippen molar-refractivity contribution in [1.29, 1.82) is 0 Å².